The summed E-state index contributed by atoms with van der Waals surface area (Å²) < 4.78 is 0. The first-order chi connectivity index (χ1) is 9.52. The van der Waals surface area contributed by atoms with Gasteiger partial charge in [0.05, 0.1) is 23.8 Å². The number of aliphatic hydroxyl groups is 1. The van der Waals surface area contributed by atoms with Gasteiger partial charge in [-0.2, -0.15) is 0 Å². The minimum Gasteiger partial charge on any atom is -0.391 e. The van der Waals surface area contributed by atoms with Crippen molar-refractivity contribution in [3.63, 3.8) is 0 Å². The van der Waals surface area contributed by atoms with Crippen LogP contribution in [0.1, 0.15) is 26.3 Å². The minimum atomic E-state index is -0.650. The number of rotatable bonds is 5. The van der Waals surface area contributed by atoms with Gasteiger partial charge in [0.15, 0.2) is 0 Å². The summed E-state index contributed by atoms with van der Waals surface area (Å²) in [6, 6.07) is 5.07. The van der Waals surface area contributed by atoms with Crippen LogP contribution in [0.5, 0.6) is 0 Å². The highest BCUT2D eigenvalue weighted by Gasteiger charge is 2.29. The molecule has 0 bridgehead atoms. The number of hydrogen-bond donors (Lipinski definition) is 2. The number of aliphatic hydroxyl groups excluding tert-OH is 1. The van der Waals surface area contributed by atoms with Gasteiger partial charge < -0.3 is 5.11 Å². The Hall–Kier alpha value is -2.16. The molecule has 0 saturated carbocycles. The lowest BCUT2D eigenvalue weighted by molar-refractivity contribution is 0.0879. The molecule has 0 spiro atoms. The standard InChI is InChI=1S/C15H16N2O3/c1-3-7-17(2)9-11(18)8-10-5-4-6-12-13(10)15(20)16-14(12)19/h1,4-6,11,18H,7-9H2,2H3,(H,16,19,20). The molecule has 104 valence electrons. The predicted molar refractivity (Wildman–Crippen MR) is 74.3 cm³/mol. The van der Waals surface area contributed by atoms with E-state index in [2.05, 4.69) is 11.2 Å². The SMILES string of the molecule is C#CCN(C)CC(O)Cc1cccc2c1C(=O)NC2=O. The highest BCUT2D eigenvalue weighted by molar-refractivity contribution is 6.22. The third kappa shape index (κ3) is 2.87. The maximum Gasteiger partial charge on any atom is 0.259 e. The molecule has 0 aromatic heterocycles. The van der Waals surface area contributed by atoms with Gasteiger partial charge in [-0.15, -0.1) is 6.42 Å². The smallest absolute Gasteiger partial charge is 0.259 e. The lowest BCUT2D eigenvalue weighted by Crippen LogP contribution is -2.31. The van der Waals surface area contributed by atoms with E-state index in [0.717, 1.165) is 0 Å². The quantitative estimate of drug-likeness (QED) is 0.586. The zero-order chi connectivity index (χ0) is 14.7. The van der Waals surface area contributed by atoms with Gasteiger partial charge in [0.1, 0.15) is 0 Å². The molecule has 1 aromatic carbocycles. The fourth-order valence-electron chi connectivity index (χ4n) is 2.36. The normalized spacial score (nSPS) is 14.9. The molecule has 0 fully saturated rings. The summed E-state index contributed by atoms with van der Waals surface area (Å²) in [4.78, 5) is 25.1. The number of amides is 2. The Kier molecular flexibility index (Phi) is 4.18. The van der Waals surface area contributed by atoms with E-state index >= 15 is 0 Å². The van der Waals surface area contributed by atoms with Gasteiger partial charge in [0.2, 0.25) is 0 Å². The molecule has 5 heteroatoms. The molecular formula is C15H16N2O3. The number of benzene rings is 1. The maximum absolute atomic E-state index is 11.8. The summed E-state index contributed by atoms with van der Waals surface area (Å²) in [5.74, 6) is 1.72. The molecular weight excluding hydrogens is 256 g/mol. The molecule has 1 unspecified atom stereocenters. The fraction of sp³-hybridized carbons (Fsp3) is 0.333. The summed E-state index contributed by atoms with van der Waals surface area (Å²) in [6.45, 7) is 0.854. The van der Waals surface area contributed by atoms with Gasteiger partial charge in [-0.25, -0.2) is 0 Å². The number of fused-ring (bicyclic) bond motifs is 1. The van der Waals surface area contributed by atoms with E-state index < -0.39 is 12.0 Å². The Morgan fingerprint density at radius 1 is 1.40 bits per heavy atom. The summed E-state index contributed by atoms with van der Waals surface area (Å²) in [5.41, 5.74) is 1.42. The Morgan fingerprint density at radius 3 is 2.85 bits per heavy atom. The minimum absolute atomic E-state index is 0.304. The second kappa shape index (κ2) is 5.87. The van der Waals surface area contributed by atoms with Crippen LogP contribution >= 0.6 is 0 Å². The number of hydrogen-bond acceptors (Lipinski definition) is 4. The summed E-state index contributed by atoms with van der Waals surface area (Å²) in [6.07, 6.45) is 4.86. The van der Waals surface area contributed by atoms with Crippen LogP contribution in [0.2, 0.25) is 0 Å². The van der Waals surface area contributed by atoms with Crippen molar-refractivity contribution in [3.05, 3.63) is 34.9 Å². The zero-order valence-corrected chi connectivity index (χ0v) is 11.2. The Morgan fingerprint density at radius 2 is 2.15 bits per heavy atom. The molecule has 1 atom stereocenters. The van der Waals surface area contributed by atoms with Crippen molar-refractivity contribution in [2.24, 2.45) is 0 Å². The van der Waals surface area contributed by atoms with Crippen LogP contribution in [-0.4, -0.2) is 48.1 Å². The van der Waals surface area contributed by atoms with E-state index in [9.17, 15) is 14.7 Å². The van der Waals surface area contributed by atoms with Gasteiger partial charge in [0.25, 0.3) is 11.8 Å². The molecule has 5 nitrogen and oxygen atoms in total. The fourth-order valence-corrected chi connectivity index (χ4v) is 2.36. The molecule has 2 N–H and O–H groups in total. The Balaban J connectivity index is 2.14. The van der Waals surface area contributed by atoms with Crippen LogP contribution < -0.4 is 5.32 Å². The van der Waals surface area contributed by atoms with Crippen molar-refractivity contribution >= 4 is 11.8 Å². The highest BCUT2D eigenvalue weighted by Crippen LogP contribution is 2.21. The van der Waals surface area contributed by atoms with Crippen LogP contribution in [0, 0.1) is 12.3 Å². The van der Waals surface area contributed by atoms with Crippen LogP contribution in [0.4, 0.5) is 0 Å². The number of carbonyl (C=O) groups excluding carboxylic acids is 2. The zero-order valence-electron chi connectivity index (χ0n) is 11.2. The second-order valence-electron chi connectivity index (χ2n) is 4.88. The van der Waals surface area contributed by atoms with E-state index in [1.165, 1.54) is 0 Å². The monoisotopic (exact) mass is 272 g/mol. The molecule has 0 radical (unpaired) electrons. The summed E-state index contributed by atoms with van der Waals surface area (Å²) in [7, 11) is 1.81. The first-order valence-electron chi connectivity index (χ1n) is 6.30. The van der Waals surface area contributed by atoms with Gasteiger partial charge in [-0.3, -0.25) is 19.8 Å². The Labute approximate surface area is 117 Å². The van der Waals surface area contributed by atoms with Crippen molar-refractivity contribution in [1.29, 1.82) is 0 Å². The highest BCUT2D eigenvalue weighted by atomic mass is 16.3. The number of nitrogens with zero attached hydrogens (tertiary/aromatic N) is 1. The largest absolute Gasteiger partial charge is 0.391 e. The summed E-state index contributed by atoms with van der Waals surface area (Å²) >= 11 is 0. The number of imide groups is 1. The number of terminal acetylenes is 1. The average Bonchev–Trinajstić information content (AvgIpc) is 2.66. The van der Waals surface area contributed by atoms with E-state index in [0.29, 0.717) is 36.2 Å². The first kappa shape index (κ1) is 14.3. The van der Waals surface area contributed by atoms with E-state index in [-0.39, 0.29) is 5.91 Å². The molecule has 1 aliphatic heterocycles. The van der Waals surface area contributed by atoms with Gasteiger partial charge in [-0.05, 0) is 18.7 Å². The van der Waals surface area contributed by atoms with Crippen molar-refractivity contribution in [2.45, 2.75) is 12.5 Å². The number of carbonyl (C=O) groups is 2. The van der Waals surface area contributed by atoms with Crippen molar-refractivity contribution in [3.8, 4) is 12.3 Å². The maximum atomic E-state index is 11.8. The predicted octanol–water partition coefficient (Wildman–Crippen LogP) is 0.0386. The Bertz CT molecular complexity index is 589. The van der Waals surface area contributed by atoms with Gasteiger partial charge >= 0.3 is 0 Å². The van der Waals surface area contributed by atoms with E-state index in [4.69, 9.17) is 6.42 Å². The molecule has 0 saturated heterocycles. The molecule has 20 heavy (non-hydrogen) atoms. The first-order valence-corrected chi connectivity index (χ1v) is 6.30. The molecule has 2 rings (SSSR count). The van der Waals surface area contributed by atoms with Crippen molar-refractivity contribution in [2.75, 3.05) is 20.1 Å². The van der Waals surface area contributed by atoms with Gasteiger partial charge in [0, 0.05) is 13.0 Å². The number of nitrogens with one attached hydrogen (secondary N) is 1. The lowest BCUT2D eigenvalue weighted by Gasteiger charge is -2.18. The van der Waals surface area contributed by atoms with Crippen LogP contribution in [0.3, 0.4) is 0 Å². The molecule has 0 aliphatic carbocycles. The van der Waals surface area contributed by atoms with Crippen molar-refractivity contribution < 1.29 is 14.7 Å². The lowest BCUT2D eigenvalue weighted by atomic mass is 9.98. The van der Waals surface area contributed by atoms with E-state index in [1.807, 2.05) is 11.9 Å². The topological polar surface area (TPSA) is 69.6 Å². The van der Waals surface area contributed by atoms with Crippen molar-refractivity contribution in [1.82, 2.24) is 10.2 Å². The molecule has 1 aromatic rings. The summed E-state index contributed by atoms with van der Waals surface area (Å²) in [5, 5.41) is 12.3. The number of likely N-dealkylation sites (N-methyl/N-ethyl adjacent to an activating group) is 1. The third-order valence-corrected chi connectivity index (χ3v) is 3.19. The van der Waals surface area contributed by atoms with Gasteiger partial charge in [-0.1, -0.05) is 18.1 Å². The van der Waals surface area contributed by atoms with Crippen LogP contribution in [0.25, 0.3) is 0 Å². The molecule has 1 heterocycles. The van der Waals surface area contributed by atoms with Crippen LogP contribution in [-0.2, 0) is 6.42 Å². The van der Waals surface area contributed by atoms with E-state index in [1.54, 1.807) is 18.2 Å². The second-order valence-corrected chi connectivity index (χ2v) is 4.88. The third-order valence-electron chi connectivity index (χ3n) is 3.19. The molecule has 1 aliphatic rings. The molecule has 2 amide bonds. The van der Waals surface area contributed by atoms with Crippen LogP contribution in [0.15, 0.2) is 18.2 Å². The average molecular weight is 272 g/mol.